The third kappa shape index (κ3) is 4.19. The first kappa shape index (κ1) is 16.3. The Balaban J connectivity index is 2.03. The van der Waals surface area contributed by atoms with Crippen molar-refractivity contribution in [3.05, 3.63) is 52.8 Å². The lowest BCUT2D eigenvalue weighted by Gasteiger charge is -2.08. The van der Waals surface area contributed by atoms with Gasteiger partial charge < -0.3 is 0 Å². The highest BCUT2D eigenvalue weighted by atomic mass is 35.5. The zero-order valence-corrected chi connectivity index (χ0v) is 13.2. The van der Waals surface area contributed by atoms with E-state index in [4.69, 9.17) is 11.6 Å². The Labute approximate surface area is 136 Å². The average Bonchev–Trinajstić information content (AvgIpc) is 2.55. The largest absolute Gasteiger partial charge is 0.289 e. The Morgan fingerprint density at radius 3 is 2.55 bits per heavy atom. The number of carbonyl (C=O) groups is 2. The van der Waals surface area contributed by atoms with Gasteiger partial charge in [0.2, 0.25) is 0 Å². The monoisotopic (exact) mass is 336 g/mol. The second-order valence-electron chi connectivity index (χ2n) is 4.06. The van der Waals surface area contributed by atoms with Gasteiger partial charge in [-0.2, -0.15) is 0 Å². The fourth-order valence-electron chi connectivity index (χ4n) is 1.54. The molecule has 0 spiro atoms. The molecule has 2 aromatic rings. The number of benzene rings is 1. The molecule has 1 aromatic carbocycles. The van der Waals surface area contributed by atoms with Crippen LogP contribution in [0.5, 0.6) is 0 Å². The van der Waals surface area contributed by atoms with Gasteiger partial charge in [0.15, 0.2) is 10.9 Å². The van der Waals surface area contributed by atoms with Crippen molar-refractivity contribution in [1.82, 2.24) is 20.8 Å². The maximum absolute atomic E-state index is 12.0. The molecule has 0 aliphatic heterocycles. The van der Waals surface area contributed by atoms with Crippen molar-refractivity contribution in [3.63, 3.8) is 0 Å². The first-order chi connectivity index (χ1) is 10.6. The molecule has 1 heterocycles. The third-order valence-corrected chi connectivity index (χ3v) is 3.56. The number of thioether (sulfide) groups is 1. The summed E-state index contributed by atoms with van der Waals surface area (Å²) in [6.07, 6.45) is 1.36. The van der Waals surface area contributed by atoms with Crippen LogP contribution in [0, 0.1) is 0 Å². The van der Waals surface area contributed by atoms with Gasteiger partial charge in [0.05, 0.1) is 11.2 Å². The Hall–Kier alpha value is -2.12. The first-order valence-electron chi connectivity index (χ1n) is 6.43. The highest BCUT2D eigenvalue weighted by Crippen LogP contribution is 2.17. The summed E-state index contributed by atoms with van der Waals surface area (Å²) in [5.41, 5.74) is 5.04. The topological polar surface area (TPSA) is 84.0 Å². The highest BCUT2D eigenvalue weighted by Gasteiger charge is 2.15. The zero-order chi connectivity index (χ0) is 15.9. The van der Waals surface area contributed by atoms with E-state index in [0.717, 1.165) is 5.75 Å². The smallest absolute Gasteiger partial charge is 0.267 e. The molecule has 0 fully saturated rings. The van der Waals surface area contributed by atoms with Crippen LogP contribution in [0.15, 0.2) is 41.7 Å². The molecule has 2 amide bonds. The quantitative estimate of drug-likeness (QED) is 0.508. The fraction of sp³-hybridized carbons (Fsp3) is 0.143. The predicted molar refractivity (Wildman–Crippen MR) is 84.8 cm³/mol. The van der Waals surface area contributed by atoms with Crippen LogP contribution in [0.1, 0.15) is 27.8 Å². The molecule has 0 saturated carbocycles. The Morgan fingerprint density at radius 1 is 1.18 bits per heavy atom. The predicted octanol–water partition coefficient (Wildman–Crippen LogP) is 2.32. The summed E-state index contributed by atoms with van der Waals surface area (Å²) in [6.45, 7) is 1.95. The van der Waals surface area contributed by atoms with Gasteiger partial charge in [-0.15, -0.1) is 0 Å². The molecule has 0 radical (unpaired) electrons. The van der Waals surface area contributed by atoms with Gasteiger partial charge in [-0.1, -0.05) is 48.5 Å². The van der Waals surface area contributed by atoms with E-state index in [0.29, 0.717) is 10.7 Å². The van der Waals surface area contributed by atoms with E-state index in [1.807, 2.05) is 6.92 Å². The lowest BCUT2D eigenvalue weighted by Crippen LogP contribution is -2.42. The van der Waals surface area contributed by atoms with E-state index >= 15 is 0 Å². The van der Waals surface area contributed by atoms with Gasteiger partial charge in [-0.05, 0) is 17.9 Å². The second-order valence-corrected chi connectivity index (χ2v) is 5.69. The van der Waals surface area contributed by atoms with Gasteiger partial charge >= 0.3 is 0 Å². The van der Waals surface area contributed by atoms with Crippen molar-refractivity contribution < 1.29 is 9.59 Å². The third-order valence-electron chi connectivity index (χ3n) is 2.54. The van der Waals surface area contributed by atoms with Crippen LogP contribution in [0.2, 0.25) is 5.02 Å². The minimum Gasteiger partial charge on any atom is -0.267 e. The number of amides is 2. The Morgan fingerprint density at radius 2 is 1.86 bits per heavy atom. The van der Waals surface area contributed by atoms with E-state index in [9.17, 15) is 9.59 Å². The lowest BCUT2D eigenvalue weighted by molar-refractivity contribution is 0.0843. The second kappa shape index (κ2) is 7.77. The minimum absolute atomic E-state index is 0.0148. The van der Waals surface area contributed by atoms with Crippen molar-refractivity contribution in [1.29, 1.82) is 0 Å². The summed E-state index contributed by atoms with van der Waals surface area (Å²) >= 11 is 7.30. The van der Waals surface area contributed by atoms with Crippen molar-refractivity contribution in [2.75, 3.05) is 5.75 Å². The molecule has 6 nitrogen and oxygen atoms in total. The molecule has 0 atom stereocenters. The van der Waals surface area contributed by atoms with Crippen LogP contribution in [0.25, 0.3) is 0 Å². The molecule has 0 unspecified atom stereocenters. The SMILES string of the molecule is CCSc1ncc(Cl)c(C(=O)NNC(=O)c2ccccc2)n1. The van der Waals surface area contributed by atoms with Gasteiger partial charge in [-0.3, -0.25) is 20.4 Å². The van der Waals surface area contributed by atoms with Crippen LogP contribution in [0.3, 0.4) is 0 Å². The molecule has 22 heavy (non-hydrogen) atoms. The van der Waals surface area contributed by atoms with Gasteiger partial charge in [0.1, 0.15) is 0 Å². The summed E-state index contributed by atoms with van der Waals surface area (Å²) in [5, 5.41) is 0.568. The number of carbonyl (C=O) groups excluding carboxylic acids is 2. The van der Waals surface area contributed by atoms with Crippen molar-refractivity contribution in [3.8, 4) is 0 Å². The normalized spacial score (nSPS) is 10.1. The summed E-state index contributed by atoms with van der Waals surface area (Å²) in [4.78, 5) is 32.0. The van der Waals surface area contributed by atoms with Crippen LogP contribution in [-0.2, 0) is 0 Å². The molecule has 0 aliphatic rings. The maximum Gasteiger partial charge on any atom is 0.289 e. The number of hydrogen-bond acceptors (Lipinski definition) is 5. The fourth-order valence-corrected chi connectivity index (χ4v) is 2.26. The Bertz CT molecular complexity index is 682. The molecule has 2 N–H and O–H groups in total. The molecule has 2 rings (SSSR count). The summed E-state index contributed by atoms with van der Waals surface area (Å²) in [6, 6.07) is 8.52. The standard InChI is InChI=1S/C14H13ClN4O2S/c1-2-22-14-16-8-10(15)11(17-14)13(21)19-18-12(20)9-6-4-3-5-7-9/h3-8H,2H2,1H3,(H,18,20)(H,19,21). The molecule has 114 valence electrons. The van der Waals surface area contributed by atoms with Crippen molar-refractivity contribution in [2.45, 2.75) is 12.1 Å². The molecule has 0 saturated heterocycles. The number of nitrogens with zero attached hydrogens (tertiary/aromatic N) is 2. The number of halogens is 1. The number of hydrazine groups is 1. The molecular formula is C14H13ClN4O2S. The number of nitrogens with one attached hydrogen (secondary N) is 2. The van der Waals surface area contributed by atoms with E-state index in [1.165, 1.54) is 18.0 Å². The highest BCUT2D eigenvalue weighted by molar-refractivity contribution is 7.99. The molecule has 0 aliphatic carbocycles. The number of rotatable bonds is 4. The molecule has 0 bridgehead atoms. The van der Waals surface area contributed by atoms with Gasteiger partial charge in [-0.25, -0.2) is 9.97 Å². The first-order valence-corrected chi connectivity index (χ1v) is 7.79. The zero-order valence-electron chi connectivity index (χ0n) is 11.7. The van der Waals surface area contributed by atoms with Crippen LogP contribution < -0.4 is 10.9 Å². The van der Waals surface area contributed by atoms with E-state index in [2.05, 4.69) is 20.8 Å². The van der Waals surface area contributed by atoms with Crippen molar-refractivity contribution >= 4 is 35.2 Å². The number of aromatic nitrogens is 2. The Kier molecular flexibility index (Phi) is 5.74. The summed E-state index contributed by atoms with van der Waals surface area (Å²) in [5.74, 6) is -0.259. The van der Waals surface area contributed by atoms with Gasteiger partial charge in [0.25, 0.3) is 11.8 Å². The average molecular weight is 337 g/mol. The number of hydrogen-bond donors (Lipinski definition) is 2. The summed E-state index contributed by atoms with van der Waals surface area (Å²) in [7, 11) is 0. The minimum atomic E-state index is -0.602. The van der Waals surface area contributed by atoms with Gasteiger partial charge in [0, 0.05) is 5.56 Å². The lowest BCUT2D eigenvalue weighted by atomic mass is 10.2. The van der Waals surface area contributed by atoms with Crippen molar-refractivity contribution in [2.24, 2.45) is 0 Å². The summed E-state index contributed by atoms with van der Waals surface area (Å²) < 4.78 is 0. The maximum atomic E-state index is 12.0. The molecule has 1 aromatic heterocycles. The van der Waals surface area contributed by atoms with E-state index in [-0.39, 0.29) is 10.7 Å². The molecule has 8 heteroatoms. The molecular weight excluding hydrogens is 324 g/mol. The van der Waals surface area contributed by atoms with Crippen LogP contribution >= 0.6 is 23.4 Å². The van der Waals surface area contributed by atoms with E-state index < -0.39 is 11.8 Å². The van der Waals surface area contributed by atoms with Crippen LogP contribution in [-0.4, -0.2) is 27.5 Å². The van der Waals surface area contributed by atoms with Crippen LogP contribution in [0.4, 0.5) is 0 Å². The van der Waals surface area contributed by atoms with E-state index in [1.54, 1.807) is 30.3 Å².